The minimum Gasteiger partial charge on any atom is -0.382 e. The third-order valence-corrected chi connectivity index (χ3v) is 5.33. The van der Waals surface area contributed by atoms with Gasteiger partial charge in [0.05, 0.1) is 5.56 Å². The highest BCUT2D eigenvalue weighted by Crippen LogP contribution is 2.27. The molecule has 1 heterocycles. The van der Waals surface area contributed by atoms with E-state index >= 15 is 0 Å². The van der Waals surface area contributed by atoms with Crippen molar-refractivity contribution in [1.82, 2.24) is 5.32 Å². The Kier molecular flexibility index (Phi) is 9.00. The normalized spacial score (nSPS) is 13.5. The molecule has 0 bridgehead atoms. The lowest BCUT2D eigenvalue weighted by molar-refractivity contribution is 0.0944. The number of anilines is 3. The minimum atomic E-state index is -1.05. The summed E-state index contributed by atoms with van der Waals surface area (Å²) in [6, 6.07) is 7.65. The maximum Gasteiger partial charge on any atom is 0.323 e. The van der Waals surface area contributed by atoms with E-state index in [2.05, 4.69) is 20.9 Å². The van der Waals surface area contributed by atoms with Crippen LogP contribution in [0.25, 0.3) is 0 Å². The number of carbonyl (C=O) groups excluding carboxylic acids is 2. The molecule has 2 aromatic carbocycles. The van der Waals surface area contributed by atoms with Crippen LogP contribution in [0.2, 0.25) is 0 Å². The highest BCUT2D eigenvalue weighted by molar-refractivity contribution is 6.04. The van der Waals surface area contributed by atoms with E-state index in [0.29, 0.717) is 37.4 Å². The van der Waals surface area contributed by atoms with Gasteiger partial charge in [0.1, 0.15) is 0 Å². The van der Waals surface area contributed by atoms with Gasteiger partial charge >= 0.3 is 6.03 Å². The summed E-state index contributed by atoms with van der Waals surface area (Å²) in [6.45, 7) is 5.34. The molecule has 9 heteroatoms. The molecule has 3 amide bonds. The molecule has 7 nitrogen and oxygen atoms in total. The third kappa shape index (κ3) is 7.15. The van der Waals surface area contributed by atoms with Crippen LogP contribution in [0, 0.1) is 11.6 Å². The van der Waals surface area contributed by atoms with Gasteiger partial charge in [-0.05, 0) is 62.9 Å². The van der Waals surface area contributed by atoms with Crippen LogP contribution < -0.4 is 20.9 Å². The number of nitrogens with one attached hydrogen (secondary N) is 3. The number of benzene rings is 2. The van der Waals surface area contributed by atoms with E-state index in [1.165, 1.54) is 12.5 Å². The fourth-order valence-electron chi connectivity index (χ4n) is 3.69. The van der Waals surface area contributed by atoms with Gasteiger partial charge in [-0.3, -0.25) is 4.79 Å². The number of halogens is 2. The van der Waals surface area contributed by atoms with Crippen molar-refractivity contribution in [2.24, 2.45) is 0 Å². The van der Waals surface area contributed by atoms with Crippen molar-refractivity contribution in [3.05, 3.63) is 53.6 Å². The highest BCUT2D eigenvalue weighted by Gasteiger charge is 2.19. The van der Waals surface area contributed by atoms with Crippen LogP contribution in [-0.4, -0.2) is 44.8 Å². The van der Waals surface area contributed by atoms with E-state index in [-0.39, 0.29) is 11.6 Å². The van der Waals surface area contributed by atoms with Crippen molar-refractivity contribution >= 4 is 29.0 Å². The Morgan fingerprint density at radius 2 is 1.67 bits per heavy atom. The van der Waals surface area contributed by atoms with Crippen LogP contribution in [0.1, 0.15) is 43.0 Å². The summed E-state index contributed by atoms with van der Waals surface area (Å²) in [5, 5.41) is 8.02. The number of piperidine rings is 1. The molecular formula is C24H30F2N4O3. The van der Waals surface area contributed by atoms with Crippen LogP contribution in [0.5, 0.6) is 0 Å². The molecule has 0 saturated carbocycles. The van der Waals surface area contributed by atoms with Crippen LogP contribution in [0.15, 0.2) is 36.4 Å². The van der Waals surface area contributed by atoms with Gasteiger partial charge < -0.3 is 25.6 Å². The molecule has 178 valence electrons. The first-order valence-corrected chi connectivity index (χ1v) is 11.3. The van der Waals surface area contributed by atoms with Gasteiger partial charge in [0.15, 0.2) is 11.6 Å². The summed E-state index contributed by atoms with van der Waals surface area (Å²) >= 11 is 0. The lowest BCUT2D eigenvalue weighted by Crippen LogP contribution is -2.33. The highest BCUT2D eigenvalue weighted by atomic mass is 19.2. The molecular weight excluding hydrogens is 430 g/mol. The van der Waals surface area contributed by atoms with Crippen LogP contribution in [0.4, 0.5) is 30.6 Å². The summed E-state index contributed by atoms with van der Waals surface area (Å²) in [5.41, 5.74) is 1.82. The first-order chi connectivity index (χ1) is 16.0. The third-order valence-electron chi connectivity index (χ3n) is 5.33. The number of urea groups is 1. The number of hydrogen-bond acceptors (Lipinski definition) is 4. The van der Waals surface area contributed by atoms with Crippen molar-refractivity contribution in [2.45, 2.75) is 32.6 Å². The number of ether oxygens (including phenoxy) is 1. The van der Waals surface area contributed by atoms with E-state index in [0.717, 1.165) is 43.8 Å². The van der Waals surface area contributed by atoms with Crippen molar-refractivity contribution < 1.29 is 23.1 Å². The standard InChI is InChI=1S/C24H30F2N4O3/c1-2-33-14-6-11-27-23(31)19-15-17(8-10-22(19)30-12-4-3-5-13-30)28-24(32)29-18-7-9-20(25)21(26)16-18/h7-10,15-16H,2-6,11-14H2,1H3,(H,27,31)(H2,28,29,32). The Hall–Kier alpha value is -3.20. The van der Waals surface area contributed by atoms with E-state index in [4.69, 9.17) is 4.74 Å². The molecule has 33 heavy (non-hydrogen) atoms. The van der Waals surface area contributed by atoms with Gasteiger partial charge in [0.25, 0.3) is 5.91 Å². The van der Waals surface area contributed by atoms with Gasteiger partial charge in [-0.2, -0.15) is 0 Å². The monoisotopic (exact) mass is 460 g/mol. The Balaban J connectivity index is 1.72. The lowest BCUT2D eigenvalue weighted by atomic mass is 10.1. The van der Waals surface area contributed by atoms with Gasteiger partial charge in [-0.1, -0.05) is 0 Å². The van der Waals surface area contributed by atoms with Crippen molar-refractivity contribution in [3.63, 3.8) is 0 Å². The molecule has 0 unspecified atom stereocenters. The maximum atomic E-state index is 13.4. The Morgan fingerprint density at radius 3 is 2.36 bits per heavy atom. The summed E-state index contributed by atoms with van der Waals surface area (Å²) in [5.74, 6) is -2.27. The zero-order valence-electron chi connectivity index (χ0n) is 18.8. The fourth-order valence-corrected chi connectivity index (χ4v) is 3.69. The molecule has 3 rings (SSSR count). The minimum absolute atomic E-state index is 0.114. The molecule has 0 atom stereocenters. The zero-order valence-corrected chi connectivity index (χ0v) is 18.8. The van der Waals surface area contributed by atoms with Crippen molar-refractivity contribution in [2.75, 3.05) is 48.4 Å². The number of rotatable bonds is 9. The molecule has 0 aromatic heterocycles. The molecule has 0 radical (unpaired) electrons. The van der Waals surface area contributed by atoms with E-state index in [1.807, 2.05) is 13.0 Å². The first kappa shape index (κ1) is 24.4. The second-order valence-corrected chi connectivity index (χ2v) is 7.79. The predicted octanol–water partition coefficient (Wildman–Crippen LogP) is 4.76. The topological polar surface area (TPSA) is 82.7 Å². The lowest BCUT2D eigenvalue weighted by Gasteiger charge is -2.30. The Morgan fingerprint density at radius 1 is 0.970 bits per heavy atom. The molecule has 1 fully saturated rings. The van der Waals surface area contributed by atoms with Crippen LogP contribution in [0.3, 0.4) is 0 Å². The Bertz CT molecular complexity index is 965. The number of amides is 3. The first-order valence-electron chi connectivity index (χ1n) is 11.3. The number of carbonyl (C=O) groups is 2. The second-order valence-electron chi connectivity index (χ2n) is 7.79. The molecule has 1 aliphatic heterocycles. The van der Waals surface area contributed by atoms with Crippen molar-refractivity contribution in [3.8, 4) is 0 Å². The number of hydrogen-bond donors (Lipinski definition) is 3. The quantitative estimate of drug-likeness (QED) is 0.472. The van der Waals surface area contributed by atoms with E-state index in [1.54, 1.807) is 12.1 Å². The molecule has 0 aliphatic carbocycles. The number of nitrogens with zero attached hydrogens (tertiary/aromatic N) is 1. The van der Waals surface area contributed by atoms with Gasteiger partial charge in [-0.25, -0.2) is 13.6 Å². The fraction of sp³-hybridized carbons (Fsp3) is 0.417. The summed E-state index contributed by atoms with van der Waals surface area (Å²) in [7, 11) is 0. The van der Waals surface area contributed by atoms with Crippen LogP contribution >= 0.6 is 0 Å². The van der Waals surface area contributed by atoms with Gasteiger partial charge in [0, 0.05) is 56.0 Å². The SMILES string of the molecule is CCOCCCNC(=O)c1cc(NC(=O)Nc2ccc(F)c(F)c2)ccc1N1CCCCC1. The maximum absolute atomic E-state index is 13.4. The molecule has 0 spiro atoms. The average molecular weight is 461 g/mol. The van der Waals surface area contributed by atoms with Gasteiger partial charge in [0.2, 0.25) is 0 Å². The molecule has 3 N–H and O–H groups in total. The summed E-state index contributed by atoms with van der Waals surface area (Å²) in [6.07, 6.45) is 3.99. The summed E-state index contributed by atoms with van der Waals surface area (Å²) < 4.78 is 31.8. The average Bonchev–Trinajstić information content (AvgIpc) is 2.81. The smallest absolute Gasteiger partial charge is 0.323 e. The second kappa shape index (κ2) is 12.2. The molecule has 1 aliphatic rings. The van der Waals surface area contributed by atoms with E-state index < -0.39 is 17.7 Å². The van der Waals surface area contributed by atoms with Crippen molar-refractivity contribution in [1.29, 1.82) is 0 Å². The largest absolute Gasteiger partial charge is 0.382 e. The predicted molar refractivity (Wildman–Crippen MR) is 125 cm³/mol. The van der Waals surface area contributed by atoms with Crippen LogP contribution in [-0.2, 0) is 4.74 Å². The van der Waals surface area contributed by atoms with Gasteiger partial charge in [-0.15, -0.1) is 0 Å². The Labute approximate surface area is 192 Å². The molecule has 2 aromatic rings. The zero-order chi connectivity index (χ0) is 23.6. The van der Waals surface area contributed by atoms with E-state index in [9.17, 15) is 18.4 Å². The molecule has 1 saturated heterocycles. The summed E-state index contributed by atoms with van der Waals surface area (Å²) in [4.78, 5) is 27.5.